The third-order valence-electron chi connectivity index (χ3n) is 5.97. The van der Waals surface area contributed by atoms with Gasteiger partial charge in [0.05, 0.1) is 0 Å². The van der Waals surface area contributed by atoms with Crippen LogP contribution in [0.4, 0.5) is 13.2 Å². The summed E-state index contributed by atoms with van der Waals surface area (Å²) in [6.45, 7) is 2.73. The molecule has 4 heteroatoms. The van der Waals surface area contributed by atoms with E-state index in [1.807, 2.05) is 25.1 Å². The molecule has 0 aliphatic heterocycles. The number of ether oxygens (including phenoxy) is 1. The molecule has 0 saturated heterocycles. The van der Waals surface area contributed by atoms with Crippen molar-refractivity contribution in [2.24, 2.45) is 5.92 Å². The molecule has 0 heterocycles. The monoisotopic (exact) mass is 390 g/mol. The minimum atomic E-state index is -2.96. The summed E-state index contributed by atoms with van der Waals surface area (Å²) in [7, 11) is 0. The summed E-state index contributed by atoms with van der Waals surface area (Å²) in [6, 6.07) is 7.34. The molecule has 0 aromatic heterocycles. The highest BCUT2D eigenvalue weighted by Crippen LogP contribution is 2.40. The van der Waals surface area contributed by atoms with Gasteiger partial charge in [0, 0.05) is 10.9 Å². The first-order chi connectivity index (χ1) is 13.5. The molecular formula is C24H29F3O. The van der Waals surface area contributed by atoms with E-state index in [0.717, 1.165) is 25.2 Å². The molecule has 1 nitrogen and oxygen atoms in total. The second-order valence-corrected chi connectivity index (χ2v) is 7.86. The van der Waals surface area contributed by atoms with Gasteiger partial charge in [0.1, 0.15) is 11.6 Å². The van der Waals surface area contributed by atoms with Gasteiger partial charge in [0.25, 0.3) is 0 Å². The normalized spacial score (nSPS) is 19.9. The number of halogens is 3. The molecule has 28 heavy (non-hydrogen) atoms. The first-order valence-electron chi connectivity index (χ1n) is 10.3. The predicted octanol–water partition coefficient (Wildman–Crippen LogP) is 7.77. The van der Waals surface area contributed by atoms with Crippen molar-refractivity contribution in [3.05, 3.63) is 53.9 Å². The smallest absolute Gasteiger partial charge is 0.387 e. The zero-order valence-electron chi connectivity index (χ0n) is 16.5. The molecule has 2 aromatic rings. The molecule has 152 valence electrons. The molecule has 0 unspecified atom stereocenters. The second-order valence-electron chi connectivity index (χ2n) is 7.86. The Morgan fingerprint density at radius 3 is 2.57 bits per heavy atom. The molecule has 0 bridgehead atoms. The van der Waals surface area contributed by atoms with Crippen LogP contribution in [0.15, 0.2) is 36.9 Å². The van der Waals surface area contributed by atoms with Crippen molar-refractivity contribution in [3.63, 3.8) is 0 Å². The van der Waals surface area contributed by atoms with Crippen LogP contribution in [0.2, 0.25) is 0 Å². The largest absolute Gasteiger partial charge is 0.434 e. The molecule has 1 saturated carbocycles. The molecule has 2 aromatic carbocycles. The topological polar surface area (TPSA) is 9.23 Å². The summed E-state index contributed by atoms with van der Waals surface area (Å²) in [4.78, 5) is 0. The maximum absolute atomic E-state index is 15.0. The molecule has 0 atom stereocenters. The van der Waals surface area contributed by atoms with Crippen molar-refractivity contribution in [1.29, 1.82) is 0 Å². The van der Waals surface area contributed by atoms with Gasteiger partial charge in [-0.3, -0.25) is 0 Å². The summed E-state index contributed by atoms with van der Waals surface area (Å²) in [6.07, 6.45) is 9.91. The van der Waals surface area contributed by atoms with E-state index in [2.05, 4.69) is 11.3 Å². The molecule has 0 radical (unpaired) electrons. The van der Waals surface area contributed by atoms with Gasteiger partial charge in [0.15, 0.2) is 0 Å². The molecule has 1 aliphatic rings. The average Bonchev–Trinajstić information content (AvgIpc) is 2.69. The lowest BCUT2D eigenvalue weighted by atomic mass is 9.77. The highest BCUT2D eigenvalue weighted by atomic mass is 19.3. The Morgan fingerprint density at radius 1 is 1.18 bits per heavy atom. The van der Waals surface area contributed by atoms with Crippen LogP contribution in [-0.4, -0.2) is 6.61 Å². The Hall–Kier alpha value is -1.97. The zero-order chi connectivity index (χ0) is 20.1. The molecular weight excluding hydrogens is 361 g/mol. The van der Waals surface area contributed by atoms with Crippen LogP contribution in [0.1, 0.15) is 68.9 Å². The number of hydrogen-bond acceptors (Lipinski definition) is 1. The van der Waals surface area contributed by atoms with Crippen molar-refractivity contribution in [2.75, 3.05) is 0 Å². The molecule has 0 spiro atoms. The highest BCUT2D eigenvalue weighted by Gasteiger charge is 2.23. The fourth-order valence-electron chi connectivity index (χ4n) is 4.48. The molecule has 0 N–H and O–H groups in total. The van der Waals surface area contributed by atoms with Crippen molar-refractivity contribution in [3.8, 4) is 5.75 Å². The molecule has 1 fully saturated rings. The number of hydrogen-bond donors (Lipinski definition) is 0. The second kappa shape index (κ2) is 9.49. The predicted molar refractivity (Wildman–Crippen MR) is 109 cm³/mol. The van der Waals surface area contributed by atoms with Gasteiger partial charge in [-0.05, 0) is 73.8 Å². The van der Waals surface area contributed by atoms with Crippen LogP contribution in [0.25, 0.3) is 10.8 Å². The van der Waals surface area contributed by atoms with Gasteiger partial charge in [-0.2, -0.15) is 8.78 Å². The number of fused-ring (bicyclic) bond motifs is 1. The van der Waals surface area contributed by atoms with Crippen LogP contribution in [0.5, 0.6) is 5.75 Å². The Morgan fingerprint density at radius 2 is 1.93 bits per heavy atom. The van der Waals surface area contributed by atoms with Gasteiger partial charge in [-0.15, -0.1) is 6.58 Å². The standard InChI is InChI=1S/C24H29F3O/c1-3-5-7-16-8-10-17(11-9-16)18-12-13-20-19(14-18)15-22(28-24(26)27)21(6-4-2)23(20)25/h3,12-17,24H,1,4-11H2,2H3. The molecule has 0 amide bonds. The van der Waals surface area contributed by atoms with Crippen LogP contribution in [0.3, 0.4) is 0 Å². The number of alkyl halides is 2. The Balaban J connectivity index is 1.86. The summed E-state index contributed by atoms with van der Waals surface area (Å²) in [5.74, 6) is 0.735. The van der Waals surface area contributed by atoms with Gasteiger partial charge in [0.2, 0.25) is 0 Å². The fraction of sp³-hybridized carbons (Fsp3) is 0.500. The minimum absolute atomic E-state index is 0.0351. The zero-order valence-corrected chi connectivity index (χ0v) is 16.5. The van der Waals surface area contributed by atoms with Gasteiger partial charge in [-0.1, -0.05) is 37.6 Å². The van der Waals surface area contributed by atoms with Crippen molar-refractivity contribution < 1.29 is 17.9 Å². The number of rotatable bonds is 8. The Kier molecular flexibility index (Phi) is 7.03. The third kappa shape index (κ3) is 4.71. The lowest BCUT2D eigenvalue weighted by Gasteiger charge is -2.29. The van der Waals surface area contributed by atoms with E-state index < -0.39 is 12.4 Å². The maximum Gasteiger partial charge on any atom is 0.387 e. The summed E-state index contributed by atoms with van der Waals surface area (Å²) >= 11 is 0. The van der Waals surface area contributed by atoms with Crippen LogP contribution in [0, 0.1) is 11.7 Å². The van der Waals surface area contributed by atoms with Crippen LogP contribution >= 0.6 is 0 Å². The summed E-state index contributed by atoms with van der Waals surface area (Å²) < 4.78 is 45.3. The van der Waals surface area contributed by atoms with Crippen molar-refractivity contribution in [1.82, 2.24) is 0 Å². The number of allylic oxidation sites excluding steroid dienone is 1. The molecule has 1 aliphatic carbocycles. The van der Waals surface area contributed by atoms with Crippen LogP contribution in [-0.2, 0) is 6.42 Å². The average molecular weight is 390 g/mol. The summed E-state index contributed by atoms with van der Waals surface area (Å²) in [5, 5.41) is 1.12. The van der Waals surface area contributed by atoms with E-state index in [4.69, 9.17) is 0 Å². The minimum Gasteiger partial charge on any atom is -0.434 e. The quantitative estimate of drug-likeness (QED) is 0.418. The fourth-order valence-corrected chi connectivity index (χ4v) is 4.48. The highest BCUT2D eigenvalue weighted by molar-refractivity contribution is 5.86. The first kappa shape index (κ1) is 20.8. The van der Waals surface area contributed by atoms with E-state index in [-0.39, 0.29) is 11.3 Å². The van der Waals surface area contributed by atoms with Gasteiger partial charge < -0.3 is 4.74 Å². The molecule has 3 rings (SSSR count). The van der Waals surface area contributed by atoms with Gasteiger partial charge in [-0.25, -0.2) is 4.39 Å². The van der Waals surface area contributed by atoms with E-state index in [0.29, 0.717) is 29.5 Å². The Labute approximate surface area is 165 Å². The lowest BCUT2D eigenvalue weighted by molar-refractivity contribution is -0.0505. The Bertz CT molecular complexity index is 807. The van der Waals surface area contributed by atoms with Gasteiger partial charge >= 0.3 is 6.61 Å². The van der Waals surface area contributed by atoms with E-state index in [1.165, 1.54) is 24.8 Å². The third-order valence-corrected chi connectivity index (χ3v) is 5.97. The van der Waals surface area contributed by atoms with Crippen molar-refractivity contribution >= 4 is 10.8 Å². The maximum atomic E-state index is 15.0. The number of benzene rings is 2. The van der Waals surface area contributed by atoms with E-state index in [1.54, 1.807) is 12.1 Å². The lowest BCUT2D eigenvalue weighted by Crippen LogP contribution is -2.13. The SMILES string of the molecule is C=CCCC1CCC(c2ccc3c(F)c(CCC)c(OC(F)F)cc3c2)CC1. The van der Waals surface area contributed by atoms with Crippen molar-refractivity contribution in [2.45, 2.75) is 70.8 Å². The van der Waals surface area contributed by atoms with Crippen LogP contribution < -0.4 is 4.74 Å². The summed E-state index contributed by atoms with van der Waals surface area (Å²) in [5.41, 5.74) is 1.41. The van der Waals surface area contributed by atoms with E-state index >= 15 is 0 Å². The van der Waals surface area contributed by atoms with E-state index in [9.17, 15) is 13.2 Å². The first-order valence-corrected chi connectivity index (χ1v) is 10.3.